The summed E-state index contributed by atoms with van der Waals surface area (Å²) >= 11 is 0. The van der Waals surface area contributed by atoms with Crippen LogP contribution in [0.5, 0.6) is 0 Å². The Labute approximate surface area is 112 Å². The molecule has 0 radical (unpaired) electrons. The zero-order valence-corrected chi connectivity index (χ0v) is 11.0. The average molecular weight is 259 g/mol. The lowest BCUT2D eigenvalue weighted by Gasteiger charge is -2.37. The minimum Gasteiger partial charge on any atom is -0.397 e. The number of nitrogens with zero attached hydrogens (tertiary/aromatic N) is 1. The fraction of sp³-hybridized carbons (Fsp3) is 0.333. The third-order valence-corrected chi connectivity index (χ3v) is 3.38. The maximum absolute atomic E-state index is 12.0. The molecule has 4 heteroatoms. The van der Waals surface area contributed by atoms with Gasteiger partial charge in [-0.1, -0.05) is 36.5 Å². The molecule has 1 N–H and O–H groups in total. The van der Waals surface area contributed by atoms with E-state index in [1.807, 2.05) is 36.5 Å². The highest BCUT2D eigenvalue weighted by Crippen LogP contribution is 2.40. The van der Waals surface area contributed by atoms with Gasteiger partial charge in [0.1, 0.15) is 0 Å². The number of piperidine rings is 1. The Morgan fingerprint density at radius 2 is 1.53 bits per heavy atom. The molecule has 3 rings (SSSR count). The Morgan fingerprint density at radius 1 is 1.11 bits per heavy atom. The zero-order chi connectivity index (χ0) is 14.0. The first-order valence-electron chi connectivity index (χ1n) is 6.31. The molecule has 1 heterocycles. The van der Waals surface area contributed by atoms with E-state index in [1.54, 1.807) is 6.92 Å². The van der Waals surface area contributed by atoms with Crippen molar-refractivity contribution in [1.29, 1.82) is 0 Å². The molecule has 0 atom stereocenters. The molecule has 0 saturated carbocycles. The normalized spacial score (nSPS) is 27.2. The Bertz CT molecular complexity index is 482. The van der Waals surface area contributed by atoms with Crippen molar-refractivity contribution in [1.82, 2.24) is 4.90 Å². The van der Waals surface area contributed by atoms with Gasteiger partial charge in [-0.3, -0.25) is 14.5 Å². The molecular formula is C15H17NO3. The molecule has 2 aliphatic carbocycles. The third kappa shape index (κ3) is 2.19. The predicted molar refractivity (Wildman–Crippen MR) is 72.0 cm³/mol. The van der Waals surface area contributed by atoms with Crippen molar-refractivity contribution in [2.45, 2.75) is 6.92 Å². The van der Waals surface area contributed by atoms with Crippen molar-refractivity contribution in [3.8, 4) is 0 Å². The molecule has 0 aromatic rings. The first-order valence-corrected chi connectivity index (χ1v) is 6.31. The maximum atomic E-state index is 12.0. The van der Waals surface area contributed by atoms with Gasteiger partial charge in [-0.05, 0) is 6.92 Å². The van der Waals surface area contributed by atoms with E-state index in [9.17, 15) is 9.59 Å². The molecule has 0 aromatic heterocycles. The smallest absolute Gasteiger partial charge is 0.257 e. The van der Waals surface area contributed by atoms with Gasteiger partial charge in [-0.2, -0.15) is 0 Å². The summed E-state index contributed by atoms with van der Waals surface area (Å²) in [4.78, 5) is 25.1. The van der Waals surface area contributed by atoms with Crippen LogP contribution in [0.1, 0.15) is 6.92 Å². The number of allylic oxidation sites excluding steroid dienone is 6. The van der Waals surface area contributed by atoms with Crippen LogP contribution in [0.4, 0.5) is 0 Å². The molecule has 0 aromatic carbocycles. The monoisotopic (exact) mass is 259 g/mol. The summed E-state index contributed by atoms with van der Waals surface area (Å²) in [6, 6.07) is 0. The summed E-state index contributed by atoms with van der Waals surface area (Å²) in [5.41, 5.74) is 1.45. The highest BCUT2D eigenvalue weighted by Gasteiger charge is 2.42. The number of amides is 2. The molecule has 1 saturated heterocycles. The van der Waals surface area contributed by atoms with Crippen LogP contribution in [-0.2, 0) is 9.59 Å². The summed E-state index contributed by atoms with van der Waals surface area (Å²) in [5.74, 6) is -0.249. The Balaban J connectivity index is 0.000000408. The second-order valence-corrected chi connectivity index (χ2v) is 4.55. The van der Waals surface area contributed by atoms with Gasteiger partial charge < -0.3 is 5.11 Å². The van der Waals surface area contributed by atoms with Crippen molar-refractivity contribution in [3.63, 3.8) is 0 Å². The van der Waals surface area contributed by atoms with Crippen molar-refractivity contribution in [2.24, 2.45) is 11.8 Å². The summed E-state index contributed by atoms with van der Waals surface area (Å²) in [6.07, 6.45) is 11.5. The molecular weight excluding hydrogens is 242 g/mol. The van der Waals surface area contributed by atoms with Gasteiger partial charge in [-0.25, -0.2) is 0 Å². The number of carbonyl (C=O) groups excluding carboxylic acids is 2. The highest BCUT2D eigenvalue weighted by molar-refractivity contribution is 6.15. The number of hydrogen-bond acceptors (Lipinski definition) is 3. The fourth-order valence-electron chi connectivity index (χ4n) is 2.54. The topological polar surface area (TPSA) is 57.6 Å². The van der Waals surface area contributed by atoms with Crippen LogP contribution in [-0.4, -0.2) is 35.5 Å². The van der Waals surface area contributed by atoms with E-state index in [4.69, 9.17) is 5.11 Å². The minimum atomic E-state index is -0.170. The minimum absolute atomic E-state index is 0.0637. The zero-order valence-electron chi connectivity index (χ0n) is 11.0. The quantitative estimate of drug-likeness (QED) is 0.665. The van der Waals surface area contributed by atoms with Gasteiger partial charge >= 0.3 is 0 Å². The summed E-state index contributed by atoms with van der Waals surface area (Å²) in [5, 5.41) is 7.57. The van der Waals surface area contributed by atoms with Crippen molar-refractivity contribution >= 4 is 11.8 Å². The predicted octanol–water partition coefficient (Wildman–Crippen LogP) is 1.21. The van der Waals surface area contributed by atoms with Gasteiger partial charge in [0.05, 0.1) is 0 Å². The van der Waals surface area contributed by atoms with Crippen LogP contribution >= 0.6 is 0 Å². The average Bonchev–Trinajstić information content (AvgIpc) is 2.43. The summed E-state index contributed by atoms with van der Waals surface area (Å²) in [7, 11) is 1.54. The van der Waals surface area contributed by atoms with Crippen LogP contribution in [0.15, 0.2) is 47.6 Å². The number of aliphatic hydroxyl groups excluding tert-OH is 1. The number of likely N-dealkylation sites (N-methyl/N-ethyl adjacent to an activating group) is 1. The number of aliphatic hydroxyl groups is 1. The van der Waals surface area contributed by atoms with Crippen molar-refractivity contribution in [2.75, 3.05) is 13.7 Å². The summed E-state index contributed by atoms with van der Waals surface area (Å²) < 4.78 is 0. The molecule has 100 valence electrons. The second-order valence-electron chi connectivity index (χ2n) is 4.55. The van der Waals surface area contributed by atoms with E-state index in [0.717, 1.165) is 11.1 Å². The number of carbonyl (C=O) groups is 2. The Kier molecular flexibility index (Phi) is 3.81. The van der Waals surface area contributed by atoms with Crippen LogP contribution in [0.25, 0.3) is 0 Å². The fourth-order valence-corrected chi connectivity index (χ4v) is 2.54. The van der Waals surface area contributed by atoms with Crippen LogP contribution in [0.2, 0.25) is 0 Å². The van der Waals surface area contributed by atoms with Gasteiger partial charge in [-0.15, -0.1) is 0 Å². The number of hydrogen-bond donors (Lipinski definition) is 1. The molecule has 0 bridgehead atoms. The van der Waals surface area contributed by atoms with Crippen molar-refractivity contribution in [3.05, 3.63) is 47.6 Å². The van der Waals surface area contributed by atoms with Gasteiger partial charge in [0.2, 0.25) is 0 Å². The highest BCUT2D eigenvalue weighted by atomic mass is 16.2. The maximum Gasteiger partial charge on any atom is 0.257 e. The van der Waals surface area contributed by atoms with E-state index in [0.29, 0.717) is 0 Å². The first-order chi connectivity index (χ1) is 9.11. The lowest BCUT2D eigenvalue weighted by Crippen LogP contribution is -2.46. The number of rotatable bonds is 0. The van der Waals surface area contributed by atoms with E-state index in [-0.39, 0.29) is 30.3 Å². The molecule has 2 amide bonds. The van der Waals surface area contributed by atoms with Gasteiger partial charge in [0, 0.05) is 36.6 Å². The van der Waals surface area contributed by atoms with Crippen LogP contribution in [0, 0.1) is 11.8 Å². The standard InChI is InChI=1S/C13H11NO2.C2H6O/c1-14-12(15)9-6-2-4-8-5-3-7-10(11(8)9)13(14)16;1-2-3/h2-8,11H,1H3;3H,2H2,1H3. The molecule has 0 unspecified atom stereocenters. The lowest BCUT2D eigenvalue weighted by molar-refractivity contribution is -0.141. The number of likely N-dealkylation sites (tertiary alicyclic amines) is 1. The van der Waals surface area contributed by atoms with E-state index in [1.165, 1.54) is 11.9 Å². The van der Waals surface area contributed by atoms with Gasteiger partial charge in [0.15, 0.2) is 0 Å². The largest absolute Gasteiger partial charge is 0.397 e. The van der Waals surface area contributed by atoms with Gasteiger partial charge in [0.25, 0.3) is 11.8 Å². The Morgan fingerprint density at radius 3 is 1.95 bits per heavy atom. The molecule has 0 spiro atoms. The number of imide groups is 1. The molecule has 19 heavy (non-hydrogen) atoms. The second kappa shape index (κ2) is 5.36. The summed E-state index contributed by atoms with van der Waals surface area (Å²) in [6.45, 7) is 1.93. The van der Waals surface area contributed by atoms with Crippen LogP contribution < -0.4 is 0 Å². The molecule has 1 fully saturated rings. The SMILES string of the molecule is CCO.CN1C(=O)C2=CC=CC3C=CC=C(C1=O)C23. The first kappa shape index (κ1) is 13.5. The third-order valence-electron chi connectivity index (χ3n) is 3.38. The van der Waals surface area contributed by atoms with Crippen molar-refractivity contribution < 1.29 is 14.7 Å². The molecule has 1 aliphatic heterocycles. The lowest BCUT2D eigenvalue weighted by atomic mass is 9.72. The molecule has 3 aliphatic rings. The van der Waals surface area contributed by atoms with E-state index < -0.39 is 0 Å². The van der Waals surface area contributed by atoms with E-state index in [2.05, 4.69) is 0 Å². The molecule has 4 nitrogen and oxygen atoms in total. The Hall–Kier alpha value is -1.94. The van der Waals surface area contributed by atoms with Crippen LogP contribution in [0.3, 0.4) is 0 Å². The van der Waals surface area contributed by atoms with E-state index >= 15 is 0 Å².